The zero-order valence-corrected chi connectivity index (χ0v) is 15.7. The first-order chi connectivity index (χ1) is 12.2. The van der Waals surface area contributed by atoms with Crippen molar-refractivity contribution >= 4 is 17.2 Å². The molecule has 134 valence electrons. The molecule has 2 aliphatic rings. The van der Waals surface area contributed by atoms with Crippen LogP contribution in [-0.2, 0) is 13.6 Å². The maximum Gasteiger partial charge on any atom is 0.273 e. The number of carbonyl (C=O) groups is 1. The van der Waals surface area contributed by atoms with Crippen molar-refractivity contribution in [2.45, 2.75) is 32.2 Å². The number of likely N-dealkylation sites (tertiary alicyclic amines) is 2. The van der Waals surface area contributed by atoms with E-state index in [0.29, 0.717) is 11.1 Å². The summed E-state index contributed by atoms with van der Waals surface area (Å²) in [4.78, 5) is 21.2. The van der Waals surface area contributed by atoms with Crippen LogP contribution in [-0.4, -0.2) is 51.4 Å². The van der Waals surface area contributed by atoms with E-state index in [1.165, 1.54) is 43.0 Å². The van der Waals surface area contributed by atoms with Gasteiger partial charge in [-0.15, -0.1) is 11.3 Å². The predicted octanol–water partition coefficient (Wildman–Crippen LogP) is 3.00. The maximum atomic E-state index is 12.5. The molecule has 0 unspecified atom stereocenters. The standard InChI is InChI=1S/C19H26N4OS/c1-21-8-2-3-16(21)13-22-9-4-19(5-10-22)6-11-23(12-7-19)18(24)17-14-25-15-20-17/h2-3,8,14-15H,4-7,9-13H2,1H3. The Morgan fingerprint density at radius 3 is 2.52 bits per heavy atom. The first-order valence-corrected chi connectivity index (χ1v) is 10.1. The number of piperidine rings is 2. The molecular weight excluding hydrogens is 332 g/mol. The van der Waals surface area contributed by atoms with Gasteiger partial charge in [-0.1, -0.05) is 0 Å². The molecule has 25 heavy (non-hydrogen) atoms. The lowest BCUT2D eigenvalue weighted by Crippen LogP contribution is -2.48. The second-order valence-electron chi connectivity index (χ2n) is 7.55. The molecular formula is C19H26N4OS. The van der Waals surface area contributed by atoms with E-state index in [1.54, 1.807) is 5.51 Å². The summed E-state index contributed by atoms with van der Waals surface area (Å²) in [5.74, 6) is 0.109. The normalized spacial score (nSPS) is 20.9. The monoisotopic (exact) mass is 358 g/mol. The molecule has 0 saturated carbocycles. The molecule has 5 nitrogen and oxygen atoms in total. The van der Waals surface area contributed by atoms with E-state index in [-0.39, 0.29) is 5.91 Å². The van der Waals surface area contributed by atoms with Crippen molar-refractivity contribution in [1.29, 1.82) is 0 Å². The molecule has 4 rings (SSSR count). The fourth-order valence-corrected chi connectivity index (χ4v) is 4.77. The lowest BCUT2D eigenvalue weighted by molar-refractivity contribution is 0.0278. The van der Waals surface area contributed by atoms with Crippen LogP contribution in [0.15, 0.2) is 29.2 Å². The van der Waals surface area contributed by atoms with Crippen LogP contribution >= 0.6 is 11.3 Å². The summed E-state index contributed by atoms with van der Waals surface area (Å²) in [6.07, 6.45) is 6.92. The average molecular weight is 359 g/mol. The van der Waals surface area contributed by atoms with Gasteiger partial charge in [-0.25, -0.2) is 4.98 Å². The number of amides is 1. The highest BCUT2D eigenvalue weighted by molar-refractivity contribution is 7.07. The number of aryl methyl sites for hydroxylation is 1. The maximum absolute atomic E-state index is 12.5. The molecule has 0 aromatic carbocycles. The number of aromatic nitrogens is 2. The highest BCUT2D eigenvalue weighted by Crippen LogP contribution is 2.41. The number of thiazole rings is 1. The molecule has 4 heterocycles. The molecule has 2 fully saturated rings. The Morgan fingerprint density at radius 2 is 1.92 bits per heavy atom. The van der Waals surface area contributed by atoms with Gasteiger partial charge in [0.15, 0.2) is 0 Å². The van der Waals surface area contributed by atoms with Gasteiger partial charge >= 0.3 is 0 Å². The van der Waals surface area contributed by atoms with Crippen LogP contribution in [0.1, 0.15) is 41.9 Å². The van der Waals surface area contributed by atoms with E-state index < -0.39 is 0 Å². The average Bonchev–Trinajstić information content (AvgIpc) is 3.30. The lowest BCUT2D eigenvalue weighted by atomic mass is 9.71. The second-order valence-corrected chi connectivity index (χ2v) is 8.27. The Balaban J connectivity index is 1.29. The Hall–Kier alpha value is -1.66. The number of nitrogens with zero attached hydrogens (tertiary/aromatic N) is 4. The van der Waals surface area contributed by atoms with Gasteiger partial charge < -0.3 is 9.47 Å². The molecule has 1 amide bonds. The van der Waals surface area contributed by atoms with Crippen molar-refractivity contribution in [1.82, 2.24) is 19.4 Å². The molecule has 6 heteroatoms. The van der Waals surface area contributed by atoms with Gasteiger partial charge in [0.1, 0.15) is 5.69 Å². The van der Waals surface area contributed by atoms with Gasteiger partial charge in [0.25, 0.3) is 5.91 Å². The van der Waals surface area contributed by atoms with Gasteiger partial charge in [-0.05, 0) is 56.3 Å². The highest BCUT2D eigenvalue weighted by atomic mass is 32.1. The Bertz CT molecular complexity index is 706. The van der Waals surface area contributed by atoms with Crippen molar-refractivity contribution in [3.63, 3.8) is 0 Å². The molecule has 2 aromatic rings. The third-order valence-electron chi connectivity index (χ3n) is 6.12. The molecule has 2 saturated heterocycles. The van der Waals surface area contributed by atoms with E-state index in [1.807, 2.05) is 10.3 Å². The summed E-state index contributed by atoms with van der Waals surface area (Å²) in [7, 11) is 2.12. The fourth-order valence-electron chi connectivity index (χ4n) is 4.24. The minimum atomic E-state index is 0.109. The quantitative estimate of drug-likeness (QED) is 0.847. The van der Waals surface area contributed by atoms with Crippen LogP contribution in [0.5, 0.6) is 0 Å². The van der Waals surface area contributed by atoms with E-state index in [9.17, 15) is 4.79 Å². The van der Waals surface area contributed by atoms with Gasteiger partial charge in [-0.2, -0.15) is 0 Å². The van der Waals surface area contributed by atoms with E-state index in [4.69, 9.17) is 0 Å². The molecule has 0 aliphatic carbocycles. The van der Waals surface area contributed by atoms with Crippen LogP contribution in [0.2, 0.25) is 0 Å². The molecule has 2 aliphatic heterocycles. The van der Waals surface area contributed by atoms with E-state index >= 15 is 0 Å². The number of hydrogen-bond donors (Lipinski definition) is 0. The van der Waals surface area contributed by atoms with E-state index in [0.717, 1.165) is 32.5 Å². The SMILES string of the molecule is Cn1cccc1CN1CCC2(CC1)CCN(C(=O)c1cscn1)CC2. The molecule has 2 aromatic heterocycles. The highest BCUT2D eigenvalue weighted by Gasteiger charge is 2.38. The molecule has 0 N–H and O–H groups in total. The predicted molar refractivity (Wildman–Crippen MR) is 99.6 cm³/mol. The van der Waals surface area contributed by atoms with Crippen molar-refractivity contribution in [2.24, 2.45) is 12.5 Å². The number of carbonyl (C=O) groups excluding carboxylic acids is 1. The third-order valence-corrected chi connectivity index (χ3v) is 6.70. The first kappa shape index (κ1) is 16.8. The van der Waals surface area contributed by atoms with Gasteiger partial charge in [0.05, 0.1) is 5.51 Å². The number of rotatable bonds is 3. The summed E-state index contributed by atoms with van der Waals surface area (Å²) in [5, 5.41) is 1.86. The summed E-state index contributed by atoms with van der Waals surface area (Å²) < 4.78 is 2.22. The second kappa shape index (κ2) is 6.92. The zero-order valence-electron chi connectivity index (χ0n) is 14.9. The van der Waals surface area contributed by atoms with Crippen LogP contribution in [0.25, 0.3) is 0 Å². The fraction of sp³-hybridized carbons (Fsp3) is 0.579. The Morgan fingerprint density at radius 1 is 1.20 bits per heavy atom. The number of hydrogen-bond acceptors (Lipinski definition) is 4. The largest absolute Gasteiger partial charge is 0.353 e. The Labute approximate surface area is 153 Å². The van der Waals surface area contributed by atoms with E-state index in [2.05, 4.69) is 39.8 Å². The Kier molecular flexibility index (Phi) is 4.65. The molecule has 0 radical (unpaired) electrons. The van der Waals surface area contributed by atoms with Crippen LogP contribution in [0.3, 0.4) is 0 Å². The van der Waals surface area contributed by atoms with Crippen molar-refractivity contribution in [2.75, 3.05) is 26.2 Å². The van der Waals surface area contributed by atoms with Gasteiger partial charge in [0, 0.05) is 44.0 Å². The third kappa shape index (κ3) is 3.51. The smallest absolute Gasteiger partial charge is 0.273 e. The van der Waals surface area contributed by atoms with Crippen LogP contribution in [0, 0.1) is 5.41 Å². The summed E-state index contributed by atoms with van der Waals surface area (Å²) in [6, 6.07) is 4.34. The topological polar surface area (TPSA) is 41.4 Å². The summed E-state index contributed by atoms with van der Waals surface area (Å²) >= 11 is 1.49. The van der Waals surface area contributed by atoms with Gasteiger partial charge in [-0.3, -0.25) is 9.69 Å². The minimum absolute atomic E-state index is 0.109. The van der Waals surface area contributed by atoms with Crippen LogP contribution < -0.4 is 0 Å². The minimum Gasteiger partial charge on any atom is -0.353 e. The molecule has 0 atom stereocenters. The van der Waals surface area contributed by atoms with Crippen molar-refractivity contribution < 1.29 is 4.79 Å². The first-order valence-electron chi connectivity index (χ1n) is 9.15. The molecule has 1 spiro atoms. The van der Waals surface area contributed by atoms with Crippen LogP contribution in [0.4, 0.5) is 0 Å². The lowest BCUT2D eigenvalue weighted by Gasteiger charge is -2.46. The van der Waals surface area contributed by atoms with Crippen molar-refractivity contribution in [3.05, 3.63) is 40.6 Å². The zero-order chi connectivity index (χ0) is 17.3. The van der Waals surface area contributed by atoms with Gasteiger partial charge in [0.2, 0.25) is 0 Å². The summed E-state index contributed by atoms with van der Waals surface area (Å²) in [5.41, 5.74) is 4.18. The van der Waals surface area contributed by atoms with Crippen molar-refractivity contribution in [3.8, 4) is 0 Å². The summed E-state index contributed by atoms with van der Waals surface area (Å²) in [6.45, 7) is 5.16. The molecule has 0 bridgehead atoms.